The van der Waals surface area contributed by atoms with Crippen molar-refractivity contribution in [1.29, 1.82) is 0 Å². The Hall–Kier alpha value is -2.61. The van der Waals surface area contributed by atoms with Crippen molar-refractivity contribution in [3.05, 3.63) is 70.3 Å². The standard InChI is InChI=1S/C22H22F3NO3S/c1-4-17-14(2)19-12-26(21(27)28-13-16-8-6-5-7-9-16)11-10-18(19)15(3)20(17)29-30-22(23,24)25/h4-9H,1,10-13H2,2-3H3. The van der Waals surface area contributed by atoms with Crippen molar-refractivity contribution in [2.75, 3.05) is 6.54 Å². The van der Waals surface area contributed by atoms with Crippen LogP contribution >= 0.6 is 12.0 Å². The number of carbonyl (C=O) groups excluding carboxylic acids is 1. The summed E-state index contributed by atoms with van der Waals surface area (Å²) in [4.78, 5) is 14.1. The predicted octanol–water partition coefficient (Wildman–Crippen LogP) is 6.19. The third kappa shape index (κ3) is 4.92. The second-order valence-electron chi connectivity index (χ2n) is 6.98. The summed E-state index contributed by atoms with van der Waals surface area (Å²) in [7, 11) is 0. The largest absolute Gasteiger partial charge is 0.479 e. The van der Waals surface area contributed by atoms with Crippen molar-refractivity contribution < 1.29 is 26.9 Å². The van der Waals surface area contributed by atoms with E-state index in [9.17, 15) is 18.0 Å². The van der Waals surface area contributed by atoms with E-state index in [0.29, 0.717) is 30.6 Å². The normalized spacial score (nSPS) is 13.6. The van der Waals surface area contributed by atoms with E-state index in [1.54, 1.807) is 18.7 Å². The van der Waals surface area contributed by atoms with Gasteiger partial charge in [-0.15, -0.1) is 0 Å². The van der Waals surface area contributed by atoms with Crippen LogP contribution in [-0.2, 0) is 24.3 Å². The lowest BCUT2D eigenvalue weighted by Gasteiger charge is -2.32. The molecule has 1 aliphatic heterocycles. The van der Waals surface area contributed by atoms with Gasteiger partial charge in [0.15, 0.2) is 12.0 Å². The molecule has 1 heterocycles. The average Bonchev–Trinajstić information content (AvgIpc) is 2.73. The molecule has 30 heavy (non-hydrogen) atoms. The van der Waals surface area contributed by atoms with Gasteiger partial charge in [0, 0.05) is 18.7 Å². The van der Waals surface area contributed by atoms with Crippen LogP contribution in [0.2, 0.25) is 0 Å². The number of nitrogens with zero attached hydrogens (tertiary/aromatic N) is 1. The van der Waals surface area contributed by atoms with Gasteiger partial charge in [-0.25, -0.2) is 4.79 Å². The van der Waals surface area contributed by atoms with Gasteiger partial charge < -0.3 is 13.8 Å². The maximum atomic E-state index is 12.6. The van der Waals surface area contributed by atoms with Gasteiger partial charge in [-0.3, -0.25) is 0 Å². The summed E-state index contributed by atoms with van der Waals surface area (Å²) in [5.74, 6) is 0.170. The highest BCUT2D eigenvalue weighted by molar-refractivity contribution is 7.95. The molecule has 0 fully saturated rings. The van der Waals surface area contributed by atoms with E-state index < -0.39 is 23.6 Å². The lowest BCUT2D eigenvalue weighted by molar-refractivity contribution is -0.0369. The number of amides is 1. The number of alkyl halides is 3. The molecule has 2 aromatic rings. The minimum absolute atomic E-state index is 0.170. The second-order valence-corrected chi connectivity index (χ2v) is 7.77. The number of hydrogen-bond acceptors (Lipinski definition) is 4. The van der Waals surface area contributed by atoms with Gasteiger partial charge in [0.1, 0.15) is 12.4 Å². The van der Waals surface area contributed by atoms with E-state index in [-0.39, 0.29) is 12.4 Å². The lowest BCUT2D eigenvalue weighted by atomic mass is 9.87. The summed E-state index contributed by atoms with van der Waals surface area (Å²) in [6.07, 6.45) is 1.57. The first-order valence-electron chi connectivity index (χ1n) is 9.36. The Morgan fingerprint density at radius 3 is 2.53 bits per heavy atom. The summed E-state index contributed by atoms with van der Waals surface area (Å²) in [6, 6.07) is 9.40. The average molecular weight is 437 g/mol. The molecule has 0 bridgehead atoms. The van der Waals surface area contributed by atoms with Gasteiger partial charge >= 0.3 is 11.6 Å². The lowest BCUT2D eigenvalue weighted by Crippen LogP contribution is -2.37. The molecule has 0 atom stereocenters. The molecule has 1 aliphatic rings. The summed E-state index contributed by atoms with van der Waals surface area (Å²) >= 11 is -0.533. The molecule has 160 valence electrons. The van der Waals surface area contributed by atoms with Crippen LogP contribution in [0, 0.1) is 13.8 Å². The molecule has 0 saturated heterocycles. The van der Waals surface area contributed by atoms with Gasteiger partial charge in [-0.1, -0.05) is 43.0 Å². The minimum Gasteiger partial charge on any atom is -0.445 e. The molecule has 0 N–H and O–H groups in total. The number of hydrogen-bond donors (Lipinski definition) is 0. The molecule has 0 aromatic heterocycles. The highest BCUT2D eigenvalue weighted by Crippen LogP contribution is 2.41. The molecule has 0 aliphatic carbocycles. The Kier molecular flexibility index (Phi) is 6.65. The topological polar surface area (TPSA) is 38.8 Å². The van der Waals surface area contributed by atoms with Crippen molar-refractivity contribution in [1.82, 2.24) is 4.90 Å². The molecular formula is C22H22F3NO3S. The van der Waals surface area contributed by atoms with Crippen LogP contribution in [0.1, 0.15) is 33.4 Å². The van der Waals surface area contributed by atoms with Crippen LogP contribution in [0.15, 0.2) is 36.9 Å². The van der Waals surface area contributed by atoms with Crippen LogP contribution < -0.4 is 4.18 Å². The van der Waals surface area contributed by atoms with Crippen LogP contribution in [0.5, 0.6) is 5.75 Å². The zero-order valence-electron chi connectivity index (χ0n) is 16.7. The van der Waals surface area contributed by atoms with Crippen molar-refractivity contribution >= 4 is 24.2 Å². The number of fused-ring (bicyclic) bond motifs is 1. The monoisotopic (exact) mass is 437 g/mol. The third-order valence-corrected chi connectivity index (χ3v) is 5.57. The van der Waals surface area contributed by atoms with E-state index in [4.69, 9.17) is 8.92 Å². The predicted molar refractivity (Wildman–Crippen MR) is 111 cm³/mol. The van der Waals surface area contributed by atoms with Crippen LogP contribution in [0.3, 0.4) is 0 Å². The van der Waals surface area contributed by atoms with Crippen molar-refractivity contribution in [3.8, 4) is 5.75 Å². The Morgan fingerprint density at radius 2 is 1.90 bits per heavy atom. The first-order chi connectivity index (χ1) is 14.2. The first-order valence-corrected chi connectivity index (χ1v) is 10.1. The summed E-state index contributed by atoms with van der Waals surface area (Å²) < 4.78 is 48.4. The van der Waals surface area contributed by atoms with E-state index in [1.807, 2.05) is 30.3 Å². The maximum absolute atomic E-state index is 12.6. The quantitative estimate of drug-likeness (QED) is 0.523. The molecule has 1 amide bonds. The Balaban J connectivity index is 1.80. The fraction of sp³-hybridized carbons (Fsp3) is 0.318. The van der Waals surface area contributed by atoms with Crippen LogP contribution in [0.25, 0.3) is 6.08 Å². The van der Waals surface area contributed by atoms with Gasteiger partial charge in [-0.05, 0) is 48.1 Å². The van der Waals surface area contributed by atoms with Crippen LogP contribution in [-0.4, -0.2) is 23.0 Å². The Labute approximate surface area is 177 Å². The third-order valence-electron chi connectivity index (χ3n) is 5.13. The molecule has 0 spiro atoms. The van der Waals surface area contributed by atoms with Gasteiger partial charge in [0.25, 0.3) is 0 Å². The number of halogens is 3. The van der Waals surface area contributed by atoms with E-state index in [1.165, 1.54) is 6.08 Å². The molecule has 0 unspecified atom stereocenters. The highest BCUT2D eigenvalue weighted by Gasteiger charge is 2.33. The fourth-order valence-electron chi connectivity index (χ4n) is 3.60. The van der Waals surface area contributed by atoms with E-state index in [2.05, 4.69) is 6.58 Å². The Morgan fingerprint density at radius 1 is 1.20 bits per heavy atom. The number of benzene rings is 2. The van der Waals surface area contributed by atoms with Gasteiger partial charge in [0.2, 0.25) is 0 Å². The zero-order chi connectivity index (χ0) is 21.9. The Bertz CT molecular complexity index is 945. The smallest absolute Gasteiger partial charge is 0.445 e. The minimum atomic E-state index is -4.51. The summed E-state index contributed by atoms with van der Waals surface area (Å²) in [6.45, 7) is 8.19. The van der Waals surface area contributed by atoms with Crippen molar-refractivity contribution in [2.24, 2.45) is 0 Å². The summed E-state index contributed by atoms with van der Waals surface area (Å²) in [5, 5.41) is 0. The molecular weight excluding hydrogens is 415 g/mol. The molecule has 0 saturated carbocycles. The molecule has 0 radical (unpaired) electrons. The molecule has 3 rings (SSSR count). The van der Waals surface area contributed by atoms with Crippen molar-refractivity contribution in [2.45, 2.75) is 38.9 Å². The molecule has 4 nitrogen and oxygen atoms in total. The number of rotatable bonds is 5. The first kappa shape index (κ1) is 22.1. The zero-order valence-corrected chi connectivity index (χ0v) is 17.5. The SMILES string of the molecule is C=Cc1c(C)c2c(c(C)c1OSC(F)(F)F)CCN(C(=O)OCc1ccccc1)C2. The van der Waals surface area contributed by atoms with E-state index in [0.717, 1.165) is 22.3 Å². The van der Waals surface area contributed by atoms with Crippen LogP contribution in [0.4, 0.5) is 18.0 Å². The molecule has 8 heteroatoms. The van der Waals surface area contributed by atoms with Crippen molar-refractivity contribution in [3.63, 3.8) is 0 Å². The second kappa shape index (κ2) is 9.04. The number of carbonyl (C=O) groups is 1. The molecule has 2 aromatic carbocycles. The van der Waals surface area contributed by atoms with Gasteiger partial charge in [0.05, 0.1) is 0 Å². The van der Waals surface area contributed by atoms with Gasteiger partial charge in [-0.2, -0.15) is 13.2 Å². The summed E-state index contributed by atoms with van der Waals surface area (Å²) in [5.41, 5.74) is 0.0883. The van der Waals surface area contributed by atoms with E-state index >= 15 is 0 Å². The maximum Gasteiger partial charge on any atom is 0.479 e. The highest BCUT2D eigenvalue weighted by atomic mass is 32.2. The number of ether oxygens (including phenoxy) is 1. The fourth-order valence-corrected chi connectivity index (χ4v) is 3.99.